The summed E-state index contributed by atoms with van der Waals surface area (Å²) in [4.78, 5) is 11.5. The largest absolute Gasteiger partial charge is 0.488 e. The number of aliphatic carboxylic acids is 1. The van der Waals surface area contributed by atoms with Crippen molar-refractivity contribution in [2.45, 2.75) is 58.7 Å². The molecular weight excluding hydrogens is 273 g/mol. The maximum atomic E-state index is 13.9. The third kappa shape index (κ3) is 4.70. The average molecular weight is 297 g/mol. The molecule has 2 unspecified atom stereocenters. The van der Waals surface area contributed by atoms with E-state index in [1.807, 2.05) is 13.8 Å². The summed E-state index contributed by atoms with van der Waals surface area (Å²) in [6.07, 6.45) is -0.206. The highest BCUT2D eigenvalue weighted by Crippen LogP contribution is 2.24. The van der Waals surface area contributed by atoms with Gasteiger partial charge in [0.1, 0.15) is 5.54 Å². The fraction of sp³-hybridized carbons (Fsp3) is 0.562. The number of rotatable bonds is 7. The second-order valence-electron chi connectivity index (χ2n) is 5.96. The van der Waals surface area contributed by atoms with Crippen molar-refractivity contribution in [2.24, 2.45) is 0 Å². The molecule has 118 valence electrons. The molecule has 0 saturated carbocycles. The van der Waals surface area contributed by atoms with Gasteiger partial charge in [-0.1, -0.05) is 12.1 Å². The SMILES string of the molecule is Cc1cccc(OC(C)CC(C)(NC(C)C)C(=O)O)c1F. The van der Waals surface area contributed by atoms with E-state index in [4.69, 9.17) is 4.74 Å². The van der Waals surface area contributed by atoms with Crippen molar-refractivity contribution >= 4 is 5.97 Å². The number of benzene rings is 1. The number of aryl methyl sites for hydroxylation is 1. The first-order chi connectivity index (χ1) is 9.65. The summed E-state index contributed by atoms with van der Waals surface area (Å²) in [6, 6.07) is 4.94. The minimum absolute atomic E-state index is 0.0222. The van der Waals surface area contributed by atoms with E-state index in [-0.39, 0.29) is 18.2 Å². The van der Waals surface area contributed by atoms with Crippen molar-refractivity contribution in [2.75, 3.05) is 0 Å². The van der Waals surface area contributed by atoms with Crippen LogP contribution >= 0.6 is 0 Å². The molecule has 0 spiro atoms. The smallest absolute Gasteiger partial charge is 0.323 e. The molecule has 4 nitrogen and oxygen atoms in total. The van der Waals surface area contributed by atoms with E-state index < -0.39 is 23.4 Å². The lowest BCUT2D eigenvalue weighted by Gasteiger charge is -2.31. The van der Waals surface area contributed by atoms with Crippen molar-refractivity contribution in [1.82, 2.24) is 5.32 Å². The van der Waals surface area contributed by atoms with Crippen LogP contribution in [0.25, 0.3) is 0 Å². The fourth-order valence-electron chi connectivity index (χ4n) is 2.39. The number of hydrogen-bond donors (Lipinski definition) is 2. The molecule has 2 N–H and O–H groups in total. The summed E-state index contributed by atoms with van der Waals surface area (Å²) in [6.45, 7) is 8.78. The maximum absolute atomic E-state index is 13.9. The standard InChI is InChI=1S/C16H24FNO3/c1-10(2)18-16(5,15(19)20)9-12(4)21-13-8-6-7-11(3)14(13)17/h6-8,10,12,18H,9H2,1-5H3,(H,19,20). The zero-order valence-electron chi connectivity index (χ0n) is 13.2. The van der Waals surface area contributed by atoms with Gasteiger partial charge in [0.25, 0.3) is 0 Å². The lowest BCUT2D eigenvalue weighted by atomic mass is 9.94. The van der Waals surface area contributed by atoms with Gasteiger partial charge in [-0.05, 0) is 46.2 Å². The Morgan fingerprint density at radius 3 is 2.57 bits per heavy atom. The third-order valence-corrected chi connectivity index (χ3v) is 3.26. The van der Waals surface area contributed by atoms with Crippen LogP contribution in [-0.2, 0) is 4.79 Å². The van der Waals surface area contributed by atoms with Gasteiger partial charge >= 0.3 is 5.97 Å². The first-order valence-corrected chi connectivity index (χ1v) is 7.08. The second kappa shape index (κ2) is 6.89. The molecule has 0 aromatic heterocycles. The van der Waals surface area contributed by atoms with E-state index in [1.165, 1.54) is 0 Å². The molecule has 2 atom stereocenters. The van der Waals surface area contributed by atoms with Gasteiger partial charge in [0, 0.05) is 12.5 Å². The number of ether oxygens (including phenoxy) is 1. The Hall–Kier alpha value is -1.62. The summed E-state index contributed by atoms with van der Waals surface area (Å²) in [5, 5.41) is 12.4. The minimum Gasteiger partial charge on any atom is -0.488 e. The van der Waals surface area contributed by atoms with Crippen LogP contribution in [0.3, 0.4) is 0 Å². The predicted molar refractivity (Wildman–Crippen MR) is 80.2 cm³/mol. The summed E-state index contributed by atoms with van der Waals surface area (Å²) in [5.41, 5.74) is -0.616. The first-order valence-electron chi connectivity index (χ1n) is 7.08. The van der Waals surface area contributed by atoms with Crippen LogP contribution in [0, 0.1) is 12.7 Å². The van der Waals surface area contributed by atoms with Gasteiger partial charge in [-0.2, -0.15) is 0 Å². The Balaban J connectivity index is 2.81. The highest BCUT2D eigenvalue weighted by atomic mass is 19.1. The summed E-state index contributed by atoms with van der Waals surface area (Å²) in [5.74, 6) is -1.20. The van der Waals surface area contributed by atoms with Gasteiger partial charge < -0.3 is 9.84 Å². The lowest BCUT2D eigenvalue weighted by molar-refractivity contribution is -0.145. The Morgan fingerprint density at radius 2 is 2.05 bits per heavy atom. The molecule has 0 aliphatic rings. The molecule has 0 bridgehead atoms. The van der Waals surface area contributed by atoms with E-state index in [9.17, 15) is 14.3 Å². The number of carboxylic acids is 1. The lowest BCUT2D eigenvalue weighted by Crippen LogP contribution is -2.54. The Morgan fingerprint density at radius 1 is 1.43 bits per heavy atom. The highest BCUT2D eigenvalue weighted by Gasteiger charge is 2.35. The van der Waals surface area contributed by atoms with Crippen LogP contribution in [0.2, 0.25) is 0 Å². The molecule has 0 aliphatic carbocycles. The first kappa shape index (κ1) is 17.4. The van der Waals surface area contributed by atoms with E-state index in [0.717, 1.165) is 0 Å². The minimum atomic E-state index is -1.12. The molecule has 21 heavy (non-hydrogen) atoms. The molecule has 0 heterocycles. The van der Waals surface area contributed by atoms with E-state index in [0.29, 0.717) is 5.56 Å². The molecule has 0 radical (unpaired) electrons. The van der Waals surface area contributed by atoms with E-state index in [2.05, 4.69) is 5.32 Å². The molecule has 1 rings (SSSR count). The molecule has 0 saturated heterocycles. The van der Waals surface area contributed by atoms with Crippen LogP contribution < -0.4 is 10.1 Å². The number of carbonyl (C=O) groups is 1. The van der Waals surface area contributed by atoms with Gasteiger partial charge in [0.05, 0.1) is 6.10 Å². The molecule has 0 fully saturated rings. The van der Waals surface area contributed by atoms with Gasteiger partial charge in [-0.25, -0.2) is 4.39 Å². The Kier molecular flexibility index (Phi) is 5.72. The van der Waals surface area contributed by atoms with Crippen molar-refractivity contribution in [3.63, 3.8) is 0 Å². The predicted octanol–water partition coefficient (Wildman–Crippen LogP) is 3.13. The molecule has 0 aliphatic heterocycles. The quantitative estimate of drug-likeness (QED) is 0.812. The van der Waals surface area contributed by atoms with Gasteiger partial charge in [0.15, 0.2) is 11.6 Å². The Bertz CT molecular complexity index is 504. The summed E-state index contributed by atoms with van der Waals surface area (Å²) < 4.78 is 19.5. The zero-order valence-corrected chi connectivity index (χ0v) is 13.2. The van der Waals surface area contributed by atoms with Crippen molar-refractivity contribution in [1.29, 1.82) is 0 Å². The molecule has 0 amide bonds. The maximum Gasteiger partial charge on any atom is 0.323 e. The molecule has 1 aromatic rings. The zero-order chi connectivity index (χ0) is 16.2. The normalized spacial score (nSPS) is 15.6. The molecule has 1 aromatic carbocycles. The van der Waals surface area contributed by atoms with Crippen LogP contribution in [0.15, 0.2) is 18.2 Å². The van der Waals surface area contributed by atoms with Crippen LogP contribution in [0.5, 0.6) is 5.75 Å². The van der Waals surface area contributed by atoms with Crippen LogP contribution in [0.1, 0.15) is 39.7 Å². The van der Waals surface area contributed by atoms with Gasteiger partial charge in [-0.3, -0.25) is 10.1 Å². The average Bonchev–Trinajstić information content (AvgIpc) is 2.33. The number of halogens is 1. The van der Waals surface area contributed by atoms with E-state index >= 15 is 0 Å². The van der Waals surface area contributed by atoms with Gasteiger partial charge in [-0.15, -0.1) is 0 Å². The summed E-state index contributed by atoms with van der Waals surface area (Å²) in [7, 11) is 0. The van der Waals surface area contributed by atoms with Crippen molar-refractivity contribution < 1.29 is 19.0 Å². The topological polar surface area (TPSA) is 58.6 Å². The second-order valence-corrected chi connectivity index (χ2v) is 5.96. The number of nitrogens with one attached hydrogen (secondary N) is 1. The van der Waals surface area contributed by atoms with E-state index in [1.54, 1.807) is 39.0 Å². The molecule has 5 heteroatoms. The Labute approximate surface area is 125 Å². The van der Waals surface area contributed by atoms with Crippen LogP contribution in [0.4, 0.5) is 4.39 Å². The summed E-state index contributed by atoms with van der Waals surface area (Å²) >= 11 is 0. The monoisotopic (exact) mass is 297 g/mol. The third-order valence-electron chi connectivity index (χ3n) is 3.26. The van der Waals surface area contributed by atoms with Crippen molar-refractivity contribution in [3.8, 4) is 5.75 Å². The number of carboxylic acid groups (broad SMARTS) is 1. The molecular formula is C16H24FNO3. The van der Waals surface area contributed by atoms with Gasteiger partial charge in [0.2, 0.25) is 0 Å². The van der Waals surface area contributed by atoms with Crippen LogP contribution in [-0.4, -0.2) is 28.8 Å². The highest BCUT2D eigenvalue weighted by molar-refractivity contribution is 5.78. The number of hydrogen-bond acceptors (Lipinski definition) is 3. The van der Waals surface area contributed by atoms with Crippen molar-refractivity contribution in [3.05, 3.63) is 29.6 Å². The fourth-order valence-corrected chi connectivity index (χ4v) is 2.39.